The molecule has 0 saturated carbocycles. The number of aliphatic hydroxyl groups excluding tert-OH is 1. The van der Waals surface area contributed by atoms with Gasteiger partial charge in [-0.1, -0.05) is 0 Å². The van der Waals surface area contributed by atoms with E-state index in [1.165, 1.54) is 20.8 Å². The van der Waals surface area contributed by atoms with Crippen LogP contribution in [-0.2, 0) is 14.8 Å². The minimum Gasteiger partial charge on any atom is -0.480 e. The molecule has 1 fully saturated rings. The molecular formula is C9H17NO5S. The van der Waals surface area contributed by atoms with Crippen LogP contribution in [0.1, 0.15) is 27.2 Å². The van der Waals surface area contributed by atoms with Crippen molar-refractivity contribution in [1.82, 2.24) is 4.31 Å². The van der Waals surface area contributed by atoms with Crippen molar-refractivity contribution in [2.24, 2.45) is 0 Å². The SMILES string of the molecule is CC(C)(C)S(=O)(=O)N1C[C@H](O)C[C@H]1C(=O)O. The van der Waals surface area contributed by atoms with Crippen LogP contribution in [0.3, 0.4) is 0 Å². The lowest BCUT2D eigenvalue weighted by atomic mass is 10.2. The summed E-state index contributed by atoms with van der Waals surface area (Å²) in [7, 11) is -3.71. The predicted molar refractivity (Wildman–Crippen MR) is 57.4 cm³/mol. The second-order valence-electron chi connectivity index (χ2n) is 4.93. The maximum Gasteiger partial charge on any atom is 0.322 e. The van der Waals surface area contributed by atoms with Gasteiger partial charge in [-0.15, -0.1) is 0 Å². The Hall–Kier alpha value is -0.660. The highest BCUT2D eigenvalue weighted by atomic mass is 32.2. The molecule has 1 aliphatic heterocycles. The quantitative estimate of drug-likeness (QED) is 0.698. The van der Waals surface area contributed by atoms with Gasteiger partial charge in [-0.25, -0.2) is 8.42 Å². The molecule has 0 amide bonds. The first-order valence-corrected chi connectivity index (χ1v) is 6.43. The molecule has 0 aliphatic carbocycles. The molecule has 0 bridgehead atoms. The zero-order chi connectivity index (χ0) is 12.7. The van der Waals surface area contributed by atoms with Gasteiger partial charge in [0.25, 0.3) is 0 Å². The van der Waals surface area contributed by atoms with Crippen LogP contribution in [0, 0.1) is 0 Å². The summed E-state index contributed by atoms with van der Waals surface area (Å²) in [5, 5.41) is 18.3. The van der Waals surface area contributed by atoms with E-state index in [9.17, 15) is 18.3 Å². The van der Waals surface area contributed by atoms with Crippen LogP contribution >= 0.6 is 0 Å². The van der Waals surface area contributed by atoms with E-state index < -0.39 is 32.9 Å². The minimum absolute atomic E-state index is 0.0509. The first-order chi connectivity index (χ1) is 7.07. The summed E-state index contributed by atoms with van der Waals surface area (Å²) in [6.07, 6.45) is -0.955. The van der Waals surface area contributed by atoms with E-state index >= 15 is 0 Å². The molecule has 1 rings (SSSR count). The third-order valence-electron chi connectivity index (χ3n) is 2.60. The monoisotopic (exact) mass is 251 g/mol. The largest absolute Gasteiger partial charge is 0.480 e. The Balaban J connectivity index is 3.09. The van der Waals surface area contributed by atoms with Crippen molar-refractivity contribution in [2.45, 2.75) is 44.1 Å². The normalized spacial score (nSPS) is 28.2. The fraction of sp³-hybridized carbons (Fsp3) is 0.889. The van der Waals surface area contributed by atoms with Crippen LogP contribution in [0.15, 0.2) is 0 Å². The van der Waals surface area contributed by atoms with E-state index in [1.54, 1.807) is 0 Å². The van der Waals surface area contributed by atoms with Gasteiger partial charge in [0, 0.05) is 13.0 Å². The van der Waals surface area contributed by atoms with Gasteiger partial charge < -0.3 is 10.2 Å². The van der Waals surface area contributed by atoms with Gasteiger partial charge in [0.15, 0.2) is 0 Å². The number of hydrogen-bond donors (Lipinski definition) is 2. The van der Waals surface area contributed by atoms with Crippen LogP contribution < -0.4 is 0 Å². The van der Waals surface area contributed by atoms with E-state index in [2.05, 4.69) is 0 Å². The minimum atomic E-state index is -3.71. The first-order valence-electron chi connectivity index (χ1n) is 4.99. The Labute approximate surface area is 94.9 Å². The number of aliphatic hydroxyl groups is 1. The third-order valence-corrected chi connectivity index (χ3v) is 5.17. The highest BCUT2D eigenvalue weighted by Gasteiger charge is 2.47. The molecule has 7 heteroatoms. The molecular weight excluding hydrogens is 234 g/mol. The predicted octanol–water partition coefficient (Wildman–Crippen LogP) is -0.365. The van der Waals surface area contributed by atoms with Gasteiger partial charge in [0.05, 0.1) is 10.9 Å². The molecule has 1 saturated heterocycles. The van der Waals surface area contributed by atoms with Gasteiger partial charge in [0.1, 0.15) is 6.04 Å². The van der Waals surface area contributed by atoms with Crippen LogP contribution in [0.4, 0.5) is 0 Å². The maximum absolute atomic E-state index is 12.1. The van der Waals surface area contributed by atoms with E-state index in [1.807, 2.05) is 0 Å². The van der Waals surface area contributed by atoms with Crippen molar-refractivity contribution in [2.75, 3.05) is 6.54 Å². The summed E-state index contributed by atoms with van der Waals surface area (Å²) < 4.78 is 24.0. The van der Waals surface area contributed by atoms with Crippen LogP contribution in [0.25, 0.3) is 0 Å². The molecule has 0 aromatic carbocycles. The molecule has 0 unspecified atom stereocenters. The molecule has 16 heavy (non-hydrogen) atoms. The number of rotatable bonds is 2. The van der Waals surface area contributed by atoms with Gasteiger partial charge in [-0.2, -0.15) is 4.31 Å². The zero-order valence-electron chi connectivity index (χ0n) is 9.54. The molecule has 0 aromatic rings. The number of carboxylic acid groups (broad SMARTS) is 1. The molecule has 6 nitrogen and oxygen atoms in total. The summed E-state index contributed by atoms with van der Waals surface area (Å²) in [5.41, 5.74) is 0. The second kappa shape index (κ2) is 3.97. The summed E-state index contributed by atoms with van der Waals surface area (Å²) in [5.74, 6) is -1.22. The summed E-state index contributed by atoms with van der Waals surface area (Å²) in [6, 6.07) is -1.15. The van der Waals surface area contributed by atoms with Crippen molar-refractivity contribution >= 4 is 16.0 Å². The van der Waals surface area contributed by atoms with Crippen molar-refractivity contribution in [3.05, 3.63) is 0 Å². The third kappa shape index (κ3) is 2.21. The summed E-state index contributed by atoms with van der Waals surface area (Å²) in [4.78, 5) is 10.9. The summed E-state index contributed by atoms with van der Waals surface area (Å²) >= 11 is 0. The van der Waals surface area contributed by atoms with Crippen molar-refractivity contribution in [3.63, 3.8) is 0 Å². The average molecular weight is 251 g/mol. The molecule has 1 aliphatic rings. The molecule has 2 N–H and O–H groups in total. The number of carbonyl (C=O) groups is 1. The molecule has 0 spiro atoms. The van der Waals surface area contributed by atoms with Gasteiger partial charge in [0.2, 0.25) is 10.0 Å². The van der Waals surface area contributed by atoms with E-state index in [0.717, 1.165) is 4.31 Å². The van der Waals surface area contributed by atoms with Crippen LogP contribution in [0.5, 0.6) is 0 Å². The lowest BCUT2D eigenvalue weighted by Gasteiger charge is -2.29. The number of β-amino-alcohol motifs (C(OH)–C–C–N with tert-alkyl or cyclic N) is 1. The fourth-order valence-corrected chi connectivity index (χ4v) is 3.21. The Bertz CT molecular complexity index is 383. The molecule has 0 radical (unpaired) electrons. The number of hydrogen-bond acceptors (Lipinski definition) is 4. The lowest BCUT2D eigenvalue weighted by Crippen LogP contribution is -2.48. The fourth-order valence-electron chi connectivity index (χ4n) is 1.63. The standard InChI is InChI=1S/C9H17NO5S/c1-9(2,3)16(14,15)10-5-6(11)4-7(10)8(12)13/h6-7,11H,4-5H2,1-3H3,(H,12,13)/t6-,7+/m1/s1. The van der Waals surface area contributed by atoms with Crippen LogP contribution in [0.2, 0.25) is 0 Å². The smallest absolute Gasteiger partial charge is 0.322 e. The number of aliphatic carboxylic acids is 1. The van der Waals surface area contributed by atoms with E-state index in [0.29, 0.717) is 0 Å². The molecule has 1 heterocycles. The number of carboxylic acids is 1. The van der Waals surface area contributed by atoms with E-state index in [4.69, 9.17) is 5.11 Å². The molecule has 94 valence electrons. The van der Waals surface area contributed by atoms with Gasteiger partial charge in [-0.05, 0) is 20.8 Å². The number of sulfonamides is 1. The van der Waals surface area contributed by atoms with Gasteiger partial charge >= 0.3 is 5.97 Å². The number of nitrogens with zero attached hydrogens (tertiary/aromatic N) is 1. The Morgan fingerprint density at radius 1 is 1.38 bits per heavy atom. The van der Waals surface area contributed by atoms with Crippen molar-refractivity contribution < 1.29 is 23.4 Å². The Morgan fingerprint density at radius 3 is 2.25 bits per heavy atom. The Kier molecular flexibility index (Phi) is 3.33. The lowest BCUT2D eigenvalue weighted by molar-refractivity contribution is -0.140. The topological polar surface area (TPSA) is 94.9 Å². The molecule has 0 aromatic heterocycles. The first kappa shape index (κ1) is 13.4. The Morgan fingerprint density at radius 2 is 1.88 bits per heavy atom. The molecule has 2 atom stereocenters. The second-order valence-corrected chi connectivity index (χ2v) is 7.57. The van der Waals surface area contributed by atoms with Gasteiger partial charge in [-0.3, -0.25) is 4.79 Å². The van der Waals surface area contributed by atoms with Crippen LogP contribution in [-0.4, -0.2) is 52.3 Å². The van der Waals surface area contributed by atoms with Crippen molar-refractivity contribution in [1.29, 1.82) is 0 Å². The highest BCUT2D eigenvalue weighted by Crippen LogP contribution is 2.28. The summed E-state index contributed by atoms with van der Waals surface area (Å²) in [6.45, 7) is 4.38. The average Bonchev–Trinajstić information content (AvgIpc) is 2.45. The van der Waals surface area contributed by atoms with Crippen molar-refractivity contribution in [3.8, 4) is 0 Å². The highest BCUT2D eigenvalue weighted by molar-refractivity contribution is 7.90. The van der Waals surface area contributed by atoms with E-state index in [-0.39, 0.29) is 13.0 Å². The maximum atomic E-state index is 12.1. The zero-order valence-corrected chi connectivity index (χ0v) is 10.4.